The van der Waals surface area contributed by atoms with E-state index in [1.54, 1.807) is 18.2 Å². The number of rotatable bonds is 4. The van der Waals surface area contributed by atoms with Crippen molar-refractivity contribution in [3.05, 3.63) is 64.7 Å². The number of amides is 2. The monoisotopic (exact) mass is 432 g/mol. The Balaban J connectivity index is 1.19. The molecule has 9 heteroatoms. The van der Waals surface area contributed by atoms with Crippen LogP contribution in [0.1, 0.15) is 17.4 Å². The van der Waals surface area contributed by atoms with Crippen molar-refractivity contribution < 1.29 is 9.59 Å². The van der Waals surface area contributed by atoms with Crippen LogP contribution in [0.15, 0.2) is 53.3 Å². The SMILES string of the molecule is CC(C(=O)Nc1ccc2[nH]c(=O)[nH]c2c1)N1CCN(C(=O)c2cc3ccccc3[nH]2)CC1. The first-order chi connectivity index (χ1) is 15.5. The molecular weight excluding hydrogens is 408 g/mol. The summed E-state index contributed by atoms with van der Waals surface area (Å²) in [7, 11) is 0. The Kier molecular flexibility index (Phi) is 5.02. The predicted octanol–water partition coefficient (Wildman–Crippen LogP) is 2.12. The van der Waals surface area contributed by atoms with Crippen LogP contribution >= 0.6 is 0 Å². The first-order valence-corrected chi connectivity index (χ1v) is 10.6. The number of hydrogen-bond donors (Lipinski definition) is 4. The summed E-state index contributed by atoms with van der Waals surface area (Å²) < 4.78 is 0. The molecule has 164 valence electrons. The number of fused-ring (bicyclic) bond motifs is 2. The second kappa shape index (κ2) is 8.01. The molecule has 9 nitrogen and oxygen atoms in total. The van der Waals surface area contributed by atoms with E-state index in [-0.39, 0.29) is 23.5 Å². The van der Waals surface area contributed by atoms with Gasteiger partial charge in [-0.05, 0) is 37.3 Å². The van der Waals surface area contributed by atoms with Crippen molar-refractivity contribution >= 4 is 39.4 Å². The highest BCUT2D eigenvalue weighted by atomic mass is 16.2. The maximum atomic E-state index is 12.9. The Morgan fingerprint density at radius 2 is 1.66 bits per heavy atom. The minimum atomic E-state index is -0.346. The van der Waals surface area contributed by atoms with Crippen molar-refractivity contribution in [1.82, 2.24) is 24.8 Å². The molecule has 1 fully saturated rings. The molecule has 2 aromatic carbocycles. The largest absolute Gasteiger partial charge is 0.351 e. The Morgan fingerprint density at radius 3 is 2.44 bits per heavy atom. The normalized spacial score (nSPS) is 15.8. The van der Waals surface area contributed by atoms with Crippen molar-refractivity contribution in [2.75, 3.05) is 31.5 Å². The lowest BCUT2D eigenvalue weighted by Gasteiger charge is -2.37. The topological polar surface area (TPSA) is 117 Å². The molecule has 4 aromatic rings. The lowest BCUT2D eigenvalue weighted by molar-refractivity contribution is -0.121. The number of aromatic nitrogens is 3. The number of H-pyrrole nitrogens is 3. The second-order valence-electron chi connectivity index (χ2n) is 8.10. The van der Waals surface area contributed by atoms with Crippen LogP contribution in [0.25, 0.3) is 21.9 Å². The van der Waals surface area contributed by atoms with E-state index in [0.717, 1.165) is 10.9 Å². The molecule has 32 heavy (non-hydrogen) atoms. The summed E-state index contributed by atoms with van der Waals surface area (Å²) >= 11 is 0. The van der Waals surface area contributed by atoms with Gasteiger partial charge < -0.3 is 25.2 Å². The Hall–Kier alpha value is -3.85. The lowest BCUT2D eigenvalue weighted by atomic mass is 10.2. The summed E-state index contributed by atoms with van der Waals surface area (Å²) in [6.45, 7) is 4.21. The summed E-state index contributed by atoms with van der Waals surface area (Å²) in [5.41, 5.74) is 3.21. The number of carbonyl (C=O) groups is 2. The number of piperazine rings is 1. The number of hydrogen-bond acceptors (Lipinski definition) is 4. The smallest absolute Gasteiger partial charge is 0.323 e. The van der Waals surface area contributed by atoms with Gasteiger partial charge in [0.2, 0.25) is 5.91 Å². The van der Waals surface area contributed by atoms with Gasteiger partial charge in [0, 0.05) is 42.8 Å². The van der Waals surface area contributed by atoms with E-state index in [0.29, 0.717) is 48.6 Å². The van der Waals surface area contributed by atoms with E-state index in [1.165, 1.54) is 0 Å². The first kappa shape index (κ1) is 20.1. The van der Waals surface area contributed by atoms with Crippen LogP contribution in [0.3, 0.4) is 0 Å². The van der Waals surface area contributed by atoms with E-state index in [9.17, 15) is 14.4 Å². The fourth-order valence-electron chi connectivity index (χ4n) is 4.19. The van der Waals surface area contributed by atoms with Gasteiger partial charge >= 0.3 is 5.69 Å². The third-order valence-corrected chi connectivity index (χ3v) is 6.07. The zero-order valence-electron chi connectivity index (χ0n) is 17.6. The zero-order chi connectivity index (χ0) is 22.2. The summed E-state index contributed by atoms with van der Waals surface area (Å²) in [6.07, 6.45) is 0. The Morgan fingerprint density at radius 1 is 0.906 bits per heavy atom. The molecule has 1 atom stereocenters. The fourth-order valence-corrected chi connectivity index (χ4v) is 4.19. The molecule has 1 aliphatic rings. The maximum absolute atomic E-state index is 12.9. The van der Waals surface area contributed by atoms with Crippen molar-refractivity contribution in [3.8, 4) is 0 Å². The highest BCUT2D eigenvalue weighted by Crippen LogP contribution is 2.18. The lowest BCUT2D eigenvalue weighted by Crippen LogP contribution is -2.54. The van der Waals surface area contributed by atoms with Crippen LogP contribution in [0, 0.1) is 0 Å². The number of para-hydroxylation sites is 1. The minimum absolute atomic E-state index is 0.0215. The average molecular weight is 432 g/mol. The highest BCUT2D eigenvalue weighted by Gasteiger charge is 2.28. The molecule has 0 bridgehead atoms. The van der Waals surface area contributed by atoms with Gasteiger partial charge in [0.1, 0.15) is 5.69 Å². The summed E-state index contributed by atoms with van der Waals surface area (Å²) in [5.74, 6) is -0.149. The molecule has 3 heterocycles. The van der Waals surface area contributed by atoms with Gasteiger partial charge in [-0.25, -0.2) is 4.79 Å². The van der Waals surface area contributed by atoms with Crippen LogP contribution in [0.5, 0.6) is 0 Å². The van der Waals surface area contributed by atoms with Crippen LogP contribution in [-0.4, -0.2) is 68.8 Å². The molecule has 0 saturated carbocycles. The van der Waals surface area contributed by atoms with Gasteiger partial charge in [0.15, 0.2) is 0 Å². The number of nitrogens with one attached hydrogen (secondary N) is 4. The molecule has 1 saturated heterocycles. The Labute approximate surface area is 183 Å². The molecule has 0 aliphatic carbocycles. The van der Waals surface area contributed by atoms with E-state index >= 15 is 0 Å². The molecule has 2 amide bonds. The molecule has 1 aliphatic heterocycles. The number of nitrogens with zero attached hydrogens (tertiary/aromatic N) is 2. The van der Waals surface area contributed by atoms with Crippen LogP contribution in [-0.2, 0) is 4.79 Å². The average Bonchev–Trinajstić information content (AvgIpc) is 3.40. The fraction of sp³-hybridized carbons (Fsp3) is 0.261. The van der Waals surface area contributed by atoms with Crippen molar-refractivity contribution in [2.45, 2.75) is 13.0 Å². The van der Waals surface area contributed by atoms with E-state index < -0.39 is 0 Å². The maximum Gasteiger partial charge on any atom is 0.323 e. The van der Waals surface area contributed by atoms with Crippen molar-refractivity contribution in [1.29, 1.82) is 0 Å². The van der Waals surface area contributed by atoms with Crippen LogP contribution in [0.4, 0.5) is 5.69 Å². The van der Waals surface area contributed by atoms with Crippen LogP contribution < -0.4 is 11.0 Å². The summed E-state index contributed by atoms with van der Waals surface area (Å²) in [5, 5.41) is 3.93. The van der Waals surface area contributed by atoms with Gasteiger partial charge in [-0.3, -0.25) is 14.5 Å². The standard InChI is InChI=1S/C23H24N6O3/c1-14(21(30)24-16-6-7-18-19(13-16)27-23(32)26-18)28-8-10-29(11-9-28)22(31)20-12-15-4-2-3-5-17(15)25-20/h2-7,12-14,25H,8-11H2,1H3,(H,24,30)(H2,26,27,32). The second-order valence-corrected chi connectivity index (χ2v) is 8.10. The Bertz CT molecular complexity index is 1330. The molecular formula is C23H24N6O3. The third kappa shape index (κ3) is 3.78. The highest BCUT2D eigenvalue weighted by molar-refractivity contribution is 5.98. The third-order valence-electron chi connectivity index (χ3n) is 6.07. The molecule has 4 N–H and O–H groups in total. The van der Waals surface area contributed by atoms with Crippen molar-refractivity contribution in [3.63, 3.8) is 0 Å². The number of aromatic amines is 3. The quantitative estimate of drug-likeness (QED) is 0.395. The molecule has 5 rings (SSSR count). The van der Waals surface area contributed by atoms with Gasteiger partial charge in [0.25, 0.3) is 5.91 Å². The van der Waals surface area contributed by atoms with E-state index in [4.69, 9.17) is 0 Å². The molecule has 0 spiro atoms. The summed E-state index contributed by atoms with van der Waals surface area (Å²) in [4.78, 5) is 49.5. The van der Waals surface area contributed by atoms with E-state index in [2.05, 4.69) is 25.2 Å². The molecule has 0 radical (unpaired) electrons. The summed E-state index contributed by atoms with van der Waals surface area (Å²) in [6, 6.07) is 14.6. The minimum Gasteiger partial charge on any atom is -0.351 e. The molecule has 1 unspecified atom stereocenters. The van der Waals surface area contributed by atoms with Crippen molar-refractivity contribution in [2.24, 2.45) is 0 Å². The number of benzene rings is 2. The van der Waals surface area contributed by atoms with Crippen LogP contribution in [0.2, 0.25) is 0 Å². The van der Waals surface area contributed by atoms with Gasteiger partial charge in [0.05, 0.1) is 17.1 Å². The van der Waals surface area contributed by atoms with Gasteiger partial charge in [-0.15, -0.1) is 0 Å². The first-order valence-electron chi connectivity index (χ1n) is 10.6. The predicted molar refractivity (Wildman–Crippen MR) is 123 cm³/mol. The van der Waals surface area contributed by atoms with Gasteiger partial charge in [-0.1, -0.05) is 18.2 Å². The number of carbonyl (C=O) groups excluding carboxylic acids is 2. The molecule has 2 aromatic heterocycles. The van der Waals surface area contributed by atoms with E-state index in [1.807, 2.05) is 42.2 Å². The number of anilines is 1. The number of imidazole rings is 1. The zero-order valence-corrected chi connectivity index (χ0v) is 17.6. The van der Waals surface area contributed by atoms with Gasteiger partial charge in [-0.2, -0.15) is 0 Å².